The lowest BCUT2D eigenvalue weighted by Gasteiger charge is -2.20. The second-order valence-corrected chi connectivity index (χ2v) is 8.28. The van der Waals surface area contributed by atoms with Gasteiger partial charge in [0.05, 0.1) is 29.5 Å². The van der Waals surface area contributed by atoms with Gasteiger partial charge in [0, 0.05) is 5.54 Å². The number of rotatable bonds is 5. The van der Waals surface area contributed by atoms with Crippen LogP contribution in [0.1, 0.15) is 20.8 Å². The second-order valence-electron chi connectivity index (χ2n) is 7.34. The number of nitrogens with one attached hydrogen (secondary N) is 1. The van der Waals surface area contributed by atoms with Crippen LogP contribution < -0.4 is 15.6 Å². The highest BCUT2D eigenvalue weighted by Crippen LogP contribution is 2.23. The van der Waals surface area contributed by atoms with Crippen molar-refractivity contribution in [2.45, 2.75) is 31.5 Å². The number of benzene rings is 2. The van der Waals surface area contributed by atoms with Crippen molar-refractivity contribution >= 4 is 28.6 Å². The molecule has 1 N–H and O–H groups in total. The van der Waals surface area contributed by atoms with Gasteiger partial charge in [-0.3, -0.25) is 14.2 Å². The molecule has 0 bridgehead atoms. The van der Waals surface area contributed by atoms with Crippen molar-refractivity contribution in [1.29, 1.82) is 0 Å². The first kappa shape index (κ1) is 19.9. The van der Waals surface area contributed by atoms with Crippen LogP contribution in [0.15, 0.2) is 58.5 Å². The number of hydrogen-bond acceptors (Lipinski definition) is 5. The van der Waals surface area contributed by atoms with E-state index in [9.17, 15) is 9.59 Å². The molecule has 0 radical (unpaired) electrons. The Morgan fingerprint density at radius 1 is 1.14 bits per heavy atom. The molecule has 0 fully saturated rings. The van der Waals surface area contributed by atoms with Gasteiger partial charge < -0.3 is 10.1 Å². The van der Waals surface area contributed by atoms with E-state index in [1.807, 2.05) is 32.9 Å². The predicted molar refractivity (Wildman–Crippen MR) is 113 cm³/mol. The first-order chi connectivity index (χ1) is 13.3. The fourth-order valence-corrected chi connectivity index (χ4v) is 3.57. The van der Waals surface area contributed by atoms with Crippen LogP contribution in [0.5, 0.6) is 5.75 Å². The van der Waals surface area contributed by atoms with Gasteiger partial charge >= 0.3 is 0 Å². The number of nitrogens with zero attached hydrogens (tertiary/aromatic N) is 2. The highest BCUT2D eigenvalue weighted by Gasteiger charge is 2.17. The van der Waals surface area contributed by atoms with E-state index in [2.05, 4.69) is 10.3 Å². The summed E-state index contributed by atoms with van der Waals surface area (Å²) in [6.07, 6.45) is 0. The number of ether oxygens (including phenoxy) is 1. The van der Waals surface area contributed by atoms with Gasteiger partial charge in [0.1, 0.15) is 5.75 Å². The van der Waals surface area contributed by atoms with Crippen molar-refractivity contribution in [1.82, 2.24) is 14.9 Å². The van der Waals surface area contributed by atoms with Gasteiger partial charge in [-0.05, 0) is 57.2 Å². The van der Waals surface area contributed by atoms with Gasteiger partial charge in [0.2, 0.25) is 5.91 Å². The van der Waals surface area contributed by atoms with E-state index in [0.29, 0.717) is 27.5 Å². The van der Waals surface area contributed by atoms with Crippen molar-refractivity contribution in [3.8, 4) is 11.4 Å². The lowest BCUT2D eigenvalue weighted by atomic mass is 10.1. The smallest absolute Gasteiger partial charge is 0.266 e. The summed E-state index contributed by atoms with van der Waals surface area (Å²) in [6.45, 7) is 5.78. The minimum absolute atomic E-state index is 0.110. The zero-order valence-electron chi connectivity index (χ0n) is 16.4. The summed E-state index contributed by atoms with van der Waals surface area (Å²) in [7, 11) is 1.59. The molecule has 0 spiro atoms. The summed E-state index contributed by atoms with van der Waals surface area (Å²) in [4.78, 5) is 30.0. The molecule has 0 saturated carbocycles. The van der Waals surface area contributed by atoms with Gasteiger partial charge in [0.15, 0.2) is 5.16 Å². The number of amides is 1. The number of para-hydroxylation sites is 1. The Morgan fingerprint density at radius 2 is 1.82 bits per heavy atom. The highest BCUT2D eigenvalue weighted by atomic mass is 32.2. The van der Waals surface area contributed by atoms with Crippen LogP contribution in [0.2, 0.25) is 0 Å². The van der Waals surface area contributed by atoms with Crippen LogP contribution in [0.4, 0.5) is 0 Å². The molecule has 0 aliphatic carbocycles. The van der Waals surface area contributed by atoms with Crippen LogP contribution in [0.25, 0.3) is 16.6 Å². The zero-order chi connectivity index (χ0) is 20.3. The molecule has 0 saturated heterocycles. The third kappa shape index (κ3) is 4.54. The van der Waals surface area contributed by atoms with Crippen LogP contribution >= 0.6 is 11.8 Å². The maximum absolute atomic E-state index is 13.2. The Kier molecular flexibility index (Phi) is 5.74. The van der Waals surface area contributed by atoms with E-state index in [1.165, 1.54) is 16.3 Å². The SMILES string of the molecule is COc1ccc(-n2c(SCC(=O)NC(C)(C)C)nc3ccccc3c2=O)cc1. The summed E-state index contributed by atoms with van der Waals surface area (Å²) >= 11 is 1.24. The van der Waals surface area contributed by atoms with Crippen LogP contribution in [-0.2, 0) is 4.79 Å². The molecular formula is C21H23N3O3S. The number of carbonyl (C=O) groups excluding carboxylic acids is 1. The molecule has 6 nitrogen and oxygen atoms in total. The summed E-state index contributed by atoms with van der Waals surface area (Å²) in [5, 5.41) is 3.92. The van der Waals surface area contributed by atoms with Crippen molar-refractivity contribution in [2.24, 2.45) is 0 Å². The third-order valence-corrected chi connectivity index (χ3v) is 4.86. The minimum Gasteiger partial charge on any atom is -0.497 e. The monoisotopic (exact) mass is 397 g/mol. The van der Waals surface area contributed by atoms with Gasteiger partial charge in [-0.25, -0.2) is 4.98 Å². The first-order valence-electron chi connectivity index (χ1n) is 8.88. The van der Waals surface area contributed by atoms with Gasteiger partial charge in [0.25, 0.3) is 5.56 Å². The number of thioether (sulfide) groups is 1. The second kappa shape index (κ2) is 8.06. The molecule has 0 unspecified atom stereocenters. The zero-order valence-corrected chi connectivity index (χ0v) is 17.2. The van der Waals surface area contributed by atoms with Gasteiger partial charge in [-0.15, -0.1) is 0 Å². The molecule has 0 aliphatic rings. The summed E-state index contributed by atoms with van der Waals surface area (Å²) < 4.78 is 6.74. The molecular weight excluding hydrogens is 374 g/mol. The number of fused-ring (bicyclic) bond motifs is 1. The van der Waals surface area contributed by atoms with E-state index in [1.54, 1.807) is 43.5 Å². The summed E-state index contributed by atoms with van der Waals surface area (Å²) in [5.74, 6) is 0.753. The molecule has 3 aromatic rings. The Morgan fingerprint density at radius 3 is 2.46 bits per heavy atom. The number of carbonyl (C=O) groups is 1. The molecule has 3 rings (SSSR count). The molecule has 1 aromatic heterocycles. The Bertz CT molecular complexity index is 1050. The maximum Gasteiger partial charge on any atom is 0.266 e. The van der Waals surface area contributed by atoms with E-state index < -0.39 is 0 Å². The highest BCUT2D eigenvalue weighted by molar-refractivity contribution is 7.99. The van der Waals surface area contributed by atoms with E-state index >= 15 is 0 Å². The van der Waals surface area contributed by atoms with Crippen molar-refractivity contribution in [2.75, 3.05) is 12.9 Å². The average Bonchev–Trinajstić information content (AvgIpc) is 2.65. The summed E-state index contributed by atoms with van der Waals surface area (Å²) in [6, 6.07) is 14.4. The Hall–Kier alpha value is -2.80. The molecule has 28 heavy (non-hydrogen) atoms. The predicted octanol–water partition coefficient (Wildman–Crippen LogP) is 3.40. The fraction of sp³-hybridized carbons (Fsp3) is 0.286. The first-order valence-corrected chi connectivity index (χ1v) is 9.87. The number of aromatic nitrogens is 2. The molecule has 2 aromatic carbocycles. The van der Waals surface area contributed by atoms with Crippen molar-refractivity contribution in [3.63, 3.8) is 0 Å². The van der Waals surface area contributed by atoms with E-state index in [0.717, 1.165) is 0 Å². The van der Waals surface area contributed by atoms with Crippen molar-refractivity contribution in [3.05, 3.63) is 58.9 Å². The van der Waals surface area contributed by atoms with Crippen LogP contribution in [0, 0.1) is 0 Å². The Labute approximate surface area is 167 Å². The standard InChI is InChI=1S/C21H23N3O3S/c1-21(2,3)23-18(25)13-28-20-22-17-8-6-5-7-16(17)19(26)24(20)14-9-11-15(27-4)12-10-14/h5-12H,13H2,1-4H3,(H,23,25). The largest absolute Gasteiger partial charge is 0.497 e. The minimum atomic E-state index is -0.315. The van der Waals surface area contributed by atoms with Crippen LogP contribution in [-0.4, -0.2) is 33.9 Å². The third-order valence-electron chi connectivity index (χ3n) is 3.92. The number of hydrogen-bond donors (Lipinski definition) is 1. The lowest BCUT2D eigenvalue weighted by molar-refractivity contribution is -0.119. The maximum atomic E-state index is 13.2. The normalized spacial score (nSPS) is 11.4. The molecule has 0 aliphatic heterocycles. The molecule has 146 valence electrons. The Balaban J connectivity index is 2.04. The fourth-order valence-electron chi connectivity index (χ4n) is 2.75. The van der Waals surface area contributed by atoms with E-state index in [4.69, 9.17) is 4.74 Å². The van der Waals surface area contributed by atoms with Crippen LogP contribution in [0.3, 0.4) is 0 Å². The number of methoxy groups -OCH3 is 1. The molecule has 1 heterocycles. The quantitative estimate of drug-likeness (QED) is 0.528. The molecule has 7 heteroatoms. The van der Waals surface area contributed by atoms with Crippen molar-refractivity contribution < 1.29 is 9.53 Å². The lowest BCUT2D eigenvalue weighted by Crippen LogP contribution is -2.41. The van der Waals surface area contributed by atoms with Gasteiger partial charge in [-0.1, -0.05) is 23.9 Å². The topological polar surface area (TPSA) is 73.2 Å². The average molecular weight is 398 g/mol. The van der Waals surface area contributed by atoms with Gasteiger partial charge in [-0.2, -0.15) is 0 Å². The molecule has 0 atom stereocenters. The van der Waals surface area contributed by atoms with E-state index in [-0.39, 0.29) is 22.8 Å². The summed E-state index contributed by atoms with van der Waals surface area (Å²) in [5.41, 5.74) is 0.790. The molecule has 1 amide bonds.